The number of nitrogens with zero attached hydrogens (tertiary/aromatic N) is 2. The van der Waals surface area contributed by atoms with Gasteiger partial charge in [-0.2, -0.15) is 0 Å². The fourth-order valence-corrected chi connectivity index (χ4v) is 1.39. The van der Waals surface area contributed by atoms with Crippen molar-refractivity contribution >= 4 is 10.8 Å². The van der Waals surface area contributed by atoms with Crippen molar-refractivity contribution in [3.63, 3.8) is 0 Å². The van der Waals surface area contributed by atoms with Gasteiger partial charge in [0, 0.05) is 24.8 Å². The highest BCUT2D eigenvalue weighted by Gasteiger charge is 1.85. The van der Waals surface area contributed by atoms with Crippen LogP contribution in [0.15, 0.2) is 73.3 Å². The van der Waals surface area contributed by atoms with Crippen LogP contribution >= 0.6 is 0 Å². The molecular formula is C14H15N3. The zero-order valence-electron chi connectivity index (χ0n) is 9.53. The first-order valence-electron chi connectivity index (χ1n) is 5.10. The average Bonchev–Trinajstić information content (AvgIpc) is 2.42. The molecule has 3 nitrogen and oxygen atoms in total. The van der Waals surface area contributed by atoms with E-state index in [1.807, 2.05) is 0 Å². The molecule has 0 amide bonds. The lowest BCUT2D eigenvalue weighted by Crippen LogP contribution is -1.67. The maximum atomic E-state index is 3.72. The van der Waals surface area contributed by atoms with Crippen LogP contribution in [-0.4, -0.2) is 9.97 Å². The van der Waals surface area contributed by atoms with Gasteiger partial charge in [0.15, 0.2) is 0 Å². The Morgan fingerprint density at radius 1 is 0.529 bits per heavy atom. The third kappa shape index (κ3) is 4.01. The second-order valence-corrected chi connectivity index (χ2v) is 3.24. The first-order chi connectivity index (χ1) is 7.97. The number of rotatable bonds is 0. The van der Waals surface area contributed by atoms with E-state index in [1.165, 1.54) is 10.8 Å². The van der Waals surface area contributed by atoms with Gasteiger partial charge in [0.1, 0.15) is 0 Å². The van der Waals surface area contributed by atoms with Gasteiger partial charge in [-0.15, -0.1) is 0 Å². The minimum atomic E-state index is 0. The van der Waals surface area contributed by atoms with Crippen LogP contribution in [0.5, 0.6) is 0 Å². The van der Waals surface area contributed by atoms with Crippen LogP contribution in [0.4, 0.5) is 0 Å². The van der Waals surface area contributed by atoms with Crippen LogP contribution in [0.3, 0.4) is 0 Å². The summed E-state index contributed by atoms with van der Waals surface area (Å²) in [6.07, 6.45) is 6.56. The molecule has 0 spiro atoms. The molecule has 0 radical (unpaired) electrons. The summed E-state index contributed by atoms with van der Waals surface area (Å²) in [6.45, 7) is 0. The van der Waals surface area contributed by atoms with Crippen molar-refractivity contribution in [2.45, 2.75) is 0 Å². The highest BCUT2D eigenvalue weighted by atomic mass is 14.7. The number of fused-ring (bicyclic) bond motifs is 1. The van der Waals surface area contributed by atoms with Gasteiger partial charge >= 0.3 is 0 Å². The molecule has 1 aromatic heterocycles. The molecule has 0 fully saturated rings. The molecule has 0 aliphatic rings. The van der Waals surface area contributed by atoms with Crippen LogP contribution in [0, 0.1) is 0 Å². The Balaban J connectivity index is 0.000000180. The molecule has 0 saturated heterocycles. The van der Waals surface area contributed by atoms with Crippen LogP contribution in [0.2, 0.25) is 0 Å². The van der Waals surface area contributed by atoms with E-state index in [2.05, 4.69) is 58.5 Å². The van der Waals surface area contributed by atoms with Crippen molar-refractivity contribution < 1.29 is 0 Å². The first-order valence-corrected chi connectivity index (χ1v) is 5.10. The van der Waals surface area contributed by atoms with E-state index in [1.54, 1.807) is 24.8 Å². The molecule has 0 unspecified atom stereocenters. The quantitative estimate of drug-likeness (QED) is 0.637. The Bertz CT molecular complexity index is 446. The molecule has 3 N–H and O–H groups in total. The topological polar surface area (TPSA) is 60.8 Å². The fraction of sp³-hybridized carbons (Fsp3) is 0. The summed E-state index contributed by atoms with van der Waals surface area (Å²) in [7, 11) is 0. The molecule has 3 heteroatoms. The molecule has 3 aromatic rings. The summed E-state index contributed by atoms with van der Waals surface area (Å²) in [5.74, 6) is 0. The molecule has 0 aliphatic carbocycles. The molecular weight excluding hydrogens is 210 g/mol. The lowest BCUT2D eigenvalue weighted by atomic mass is 10.1. The van der Waals surface area contributed by atoms with Crippen molar-refractivity contribution in [2.24, 2.45) is 0 Å². The number of hydrogen-bond acceptors (Lipinski definition) is 3. The van der Waals surface area contributed by atoms with Crippen LogP contribution in [0.1, 0.15) is 0 Å². The van der Waals surface area contributed by atoms with E-state index < -0.39 is 0 Å². The average molecular weight is 225 g/mol. The molecule has 0 saturated carbocycles. The minimum absolute atomic E-state index is 0. The summed E-state index contributed by atoms with van der Waals surface area (Å²) >= 11 is 0. The number of benzene rings is 2. The Morgan fingerprint density at radius 3 is 1.06 bits per heavy atom. The third-order valence-electron chi connectivity index (χ3n) is 2.14. The second kappa shape index (κ2) is 7.09. The summed E-state index contributed by atoms with van der Waals surface area (Å²) in [4.78, 5) is 7.44. The highest BCUT2D eigenvalue weighted by Crippen LogP contribution is 2.11. The van der Waals surface area contributed by atoms with Gasteiger partial charge in [0.05, 0.1) is 0 Å². The minimum Gasteiger partial charge on any atom is -0.344 e. The van der Waals surface area contributed by atoms with Crippen LogP contribution < -0.4 is 6.15 Å². The number of aromatic nitrogens is 2. The molecule has 2 aromatic carbocycles. The Morgan fingerprint density at radius 2 is 0.824 bits per heavy atom. The summed E-state index contributed by atoms with van der Waals surface area (Å²) in [5.41, 5.74) is 0. The molecule has 0 bridgehead atoms. The molecule has 0 atom stereocenters. The Hall–Kier alpha value is -2.26. The van der Waals surface area contributed by atoms with Crippen LogP contribution in [0.25, 0.3) is 10.8 Å². The fourth-order valence-electron chi connectivity index (χ4n) is 1.39. The van der Waals surface area contributed by atoms with E-state index in [-0.39, 0.29) is 6.15 Å². The lowest BCUT2D eigenvalue weighted by molar-refractivity contribution is 1.20. The van der Waals surface area contributed by atoms with E-state index in [0.717, 1.165) is 0 Å². The zero-order valence-corrected chi connectivity index (χ0v) is 9.53. The van der Waals surface area contributed by atoms with Gasteiger partial charge in [0.25, 0.3) is 0 Å². The van der Waals surface area contributed by atoms with Crippen molar-refractivity contribution in [3.8, 4) is 0 Å². The van der Waals surface area contributed by atoms with Crippen LogP contribution in [-0.2, 0) is 0 Å². The zero-order chi connectivity index (χ0) is 11.1. The van der Waals surface area contributed by atoms with Crippen molar-refractivity contribution in [1.82, 2.24) is 16.1 Å². The van der Waals surface area contributed by atoms with Gasteiger partial charge < -0.3 is 6.15 Å². The van der Waals surface area contributed by atoms with Gasteiger partial charge in [-0.25, -0.2) is 0 Å². The first kappa shape index (κ1) is 12.8. The summed E-state index contributed by atoms with van der Waals surface area (Å²) in [5, 5.41) is 2.62. The van der Waals surface area contributed by atoms with Gasteiger partial charge in [-0.05, 0) is 10.8 Å². The Labute approximate surface area is 101 Å². The second-order valence-electron chi connectivity index (χ2n) is 3.24. The molecule has 17 heavy (non-hydrogen) atoms. The van der Waals surface area contributed by atoms with Crippen molar-refractivity contribution in [2.75, 3.05) is 0 Å². The van der Waals surface area contributed by atoms with Gasteiger partial charge in [0.2, 0.25) is 0 Å². The maximum absolute atomic E-state index is 3.72. The summed E-state index contributed by atoms with van der Waals surface area (Å²) < 4.78 is 0. The number of hydrogen-bond donors (Lipinski definition) is 1. The summed E-state index contributed by atoms with van der Waals surface area (Å²) in [6, 6.07) is 16.7. The normalized spacial score (nSPS) is 8.71. The monoisotopic (exact) mass is 225 g/mol. The standard InChI is InChI=1S/C10H8.C4H4N2.H3N/c1-2-6-10-8-4-3-7-9(10)5-1;1-2-6-4-3-5-1;/h1-8H;1-4H;1H3. The lowest BCUT2D eigenvalue weighted by Gasteiger charge is -1.92. The highest BCUT2D eigenvalue weighted by molar-refractivity contribution is 5.81. The molecule has 3 rings (SSSR count). The van der Waals surface area contributed by atoms with E-state index in [0.29, 0.717) is 0 Å². The largest absolute Gasteiger partial charge is 0.344 e. The van der Waals surface area contributed by atoms with Crippen molar-refractivity contribution in [3.05, 3.63) is 73.3 Å². The maximum Gasteiger partial charge on any atom is 0.0451 e. The predicted octanol–water partition coefficient (Wildman–Crippen LogP) is 3.48. The molecule has 1 heterocycles. The molecule has 86 valence electrons. The molecule has 0 aliphatic heterocycles. The SMILES string of the molecule is N.c1ccc2ccccc2c1.c1cnccn1. The predicted molar refractivity (Wildman–Crippen MR) is 71.0 cm³/mol. The van der Waals surface area contributed by atoms with E-state index in [9.17, 15) is 0 Å². The smallest absolute Gasteiger partial charge is 0.0451 e. The van der Waals surface area contributed by atoms with E-state index >= 15 is 0 Å². The third-order valence-corrected chi connectivity index (χ3v) is 2.14. The van der Waals surface area contributed by atoms with Crippen molar-refractivity contribution in [1.29, 1.82) is 0 Å². The van der Waals surface area contributed by atoms with Gasteiger partial charge in [-0.1, -0.05) is 48.5 Å². The van der Waals surface area contributed by atoms with Gasteiger partial charge in [-0.3, -0.25) is 9.97 Å². The Kier molecular flexibility index (Phi) is 5.34. The van der Waals surface area contributed by atoms with E-state index in [4.69, 9.17) is 0 Å².